The van der Waals surface area contributed by atoms with Gasteiger partial charge in [-0.2, -0.15) is 0 Å². The lowest BCUT2D eigenvalue weighted by Gasteiger charge is -2.21. The molecule has 3 nitrogen and oxygen atoms in total. The molecular weight excluding hydrogens is 178 g/mol. The smallest absolute Gasteiger partial charge is 0.308 e. The van der Waals surface area contributed by atoms with Crippen molar-refractivity contribution in [3.63, 3.8) is 0 Å². The SMILES string of the molecule is NC1CCCCCCCCC1C(=O)O. The van der Waals surface area contributed by atoms with E-state index in [4.69, 9.17) is 10.8 Å². The number of hydrogen-bond donors (Lipinski definition) is 2. The predicted octanol–water partition coefficient (Wildman–Crippen LogP) is 2.15. The first-order valence-electron chi connectivity index (χ1n) is 5.70. The third-order valence-corrected chi connectivity index (χ3v) is 3.14. The summed E-state index contributed by atoms with van der Waals surface area (Å²) in [6, 6.07) is -0.134. The maximum Gasteiger partial charge on any atom is 0.308 e. The number of hydrogen-bond acceptors (Lipinski definition) is 2. The zero-order valence-electron chi connectivity index (χ0n) is 8.74. The van der Waals surface area contributed by atoms with Crippen LogP contribution in [0.3, 0.4) is 0 Å². The van der Waals surface area contributed by atoms with Gasteiger partial charge < -0.3 is 10.8 Å². The molecule has 0 aromatic rings. The second-order valence-electron chi connectivity index (χ2n) is 4.31. The normalized spacial score (nSPS) is 30.9. The molecule has 1 aliphatic rings. The second kappa shape index (κ2) is 6.02. The van der Waals surface area contributed by atoms with Gasteiger partial charge in [-0.15, -0.1) is 0 Å². The standard InChI is InChI=1S/C11H21NO2/c12-10-8-6-4-2-1-3-5-7-9(10)11(13)14/h9-10H,1-8,12H2,(H,13,14). The molecular formula is C11H21NO2. The minimum Gasteiger partial charge on any atom is -0.481 e. The highest BCUT2D eigenvalue weighted by molar-refractivity contribution is 5.70. The zero-order valence-corrected chi connectivity index (χ0v) is 8.74. The van der Waals surface area contributed by atoms with Crippen LogP contribution in [0.25, 0.3) is 0 Å². The van der Waals surface area contributed by atoms with Crippen LogP contribution in [0, 0.1) is 5.92 Å². The Bertz CT molecular complexity index is 182. The average molecular weight is 199 g/mol. The van der Waals surface area contributed by atoms with Gasteiger partial charge in [0.05, 0.1) is 5.92 Å². The third-order valence-electron chi connectivity index (χ3n) is 3.14. The Labute approximate surface area is 85.7 Å². The first kappa shape index (κ1) is 11.5. The summed E-state index contributed by atoms with van der Waals surface area (Å²) in [6.07, 6.45) is 8.64. The Kier molecular flexibility index (Phi) is 4.94. The molecule has 0 radical (unpaired) electrons. The van der Waals surface area contributed by atoms with Crippen molar-refractivity contribution in [3.8, 4) is 0 Å². The van der Waals surface area contributed by atoms with Gasteiger partial charge in [0.2, 0.25) is 0 Å². The number of carbonyl (C=O) groups is 1. The Morgan fingerprint density at radius 2 is 1.50 bits per heavy atom. The molecule has 1 saturated carbocycles. The summed E-state index contributed by atoms with van der Waals surface area (Å²) in [5.41, 5.74) is 5.89. The highest BCUT2D eigenvalue weighted by Crippen LogP contribution is 2.20. The first-order valence-corrected chi connectivity index (χ1v) is 5.70. The first-order chi connectivity index (χ1) is 6.72. The minimum absolute atomic E-state index is 0.134. The van der Waals surface area contributed by atoms with E-state index in [0.29, 0.717) is 0 Å². The van der Waals surface area contributed by atoms with Crippen molar-refractivity contribution in [3.05, 3.63) is 0 Å². The van der Waals surface area contributed by atoms with Crippen molar-refractivity contribution < 1.29 is 9.90 Å². The van der Waals surface area contributed by atoms with Gasteiger partial charge in [0.1, 0.15) is 0 Å². The number of rotatable bonds is 1. The van der Waals surface area contributed by atoms with E-state index in [1.54, 1.807) is 0 Å². The maximum atomic E-state index is 10.9. The fraction of sp³-hybridized carbons (Fsp3) is 0.909. The molecule has 0 saturated heterocycles. The van der Waals surface area contributed by atoms with Gasteiger partial charge in [-0.3, -0.25) is 4.79 Å². The van der Waals surface area contributed by atoms with Crippen molar-refractivity contribution in [2.75, 3.05) is 0 Å². The van der Waals surface area contributed by atoms with Crippen molar-refractivity contribution in [1.29, 1.82) is 0 Å². The van der Waals surface area contributed by atoms with Crippen molar-refractivity contribution in [2.24, 2.45) is 11.7 Å². The summed E-state index contributed by atoms with van der Waals surface area (Å²) in [5.74, 6) is -1.02. The molecule has 3 heteroatoms. The van der Waals surface area contributed by atoms with Crippen LogP contribution in [-0.4, -0.2) is 17.1 Å². The van der Waals surface area contributed by atoms with Crippen LogP contribution in [0.1, 0.15) is 51.4 Å². The fourth-order valence-corrected chi connectivity index (χ4v) is 2.17. The van der Waals surface area contributed by atoms with Gasteiger partial charge in [0.25, 0.3) is 0 Å². The molecule has 0 bridgehead atoms. The van der Waals surface area contributed by atoms with Gasteiger partial charge in [0.15, 0.2) is 0 Å². The molecule has 2 atom stereocenters. The van der Waals surface area contributed by atoms with E-state index >= 15 is 0 Å². The van der Waals surface area contributed by atoms with E-state index in [1.165, 1.54) is 19.3 Å². The largest absolute Gasteiger partial charge is 0.481 e. The van der Waals surface area contributed by atoms with Crippen LogP contribution in [-0.2, 0) is 4.79 Å². The molecule has 2 unspecified atom stereocenters. The molecule has 0 aromatic carbocycles. The zero-order chi connectivity index (χ0) is 10.4. The van der Waals surface area contributed by atoms with E-state index in [-0.39, 0.29) is 12.0 Å². The van der Waals surface area contributed by atoms with Gasteiger partial charge in [-0.1, -0.05) is 38.5 Å². The Balaban J connectivity index is 2.46. The van der Waals surface area contributed by atoms with Gasteiger partial charge in [-0.05, 0) is 12.8 Å². The van der Waals surface area contributed by atoms with Crippen LogP contribution >= 0.6 is 0 Å². The van der Waals surface area contributed by atoms with Crippen LogP contribution in [0.15, 0.2) is 0 Å². The maximum absolute atomic E-state index is 10.9. The Hall–Kier alpha value is -0.570. The lowest BCUT2D eigenvalue weighted by molar-refractivity contribution is -0.142. The molecule has 1 rings (SSSR count). The molecule has 1 fully saturated rings. The summed E-state index contributed by atoms with van der Waals surface area (Å²) in [5, 5.41) is 9.01. The summed E-state index contributed by atoms with van der Waals surface area (Å²) >= 11 is 0. The highest BCUT2D eigenvalue weighted by Gasteiger charge is 2.24. The van der Waals surface area contributed by atoms with Gasteiger partial charge in [-0.25, -0.2) is 0 Å². The second-order valence-corrected chi connectivity index (χ2v) is 4.31. The van der Waals surface area contributed by atoms with E-state index in [2.05, 4.69) is 0 Å². The summed E-state index contributed by atoms with van der Waals surface area (Å²) in [7, 11) is 0. The summed E-state index contributed by atoms with van der Waals surface area (Å²) in [6.45, 7) is 0. The molecule has 3 N–H and O–H groups in total. The van der Waals surface area contributed by atoms with E-state index < -0.39 is 5.97 Å². The lowest BCUT2D eigenvalue weighted by atomic mass is 9.89. The number of nitrogens with two attached hydrogens (primary N) is 1. The van der Waals surface area contributed by atoms with Crippen molar-refractivity contribution in [1.82, 2.24) is 0 Å². The van der Waals surface area contributed by atoms with E-state index in [1.807, 2.05) is 0 Å². The Morgan fingerprint density at radius 3 is 2.07 bits per heavy atom. The van der Waals surface area contributed by atoms with E-state index in [0.717, 1.165) is 32.1 Å². The molecule has 14 heavy (non-hydrogen) atoms. The quantitative estimate of drug-likeness (QED) is 0.680. The van der Waals surface area contributed by atoms with Crippen LogP contribution < -0.4 is 5.73 Å². The Morgan fingerprint density at radius 1 is 1.00 bits per heavy atom. The average Bonchev–Trinajstić information content (AvgIpc) is 2.15. The van der Waals surface area contributed by atoms with Gasteiger partial charge >= 0.3 is 5.97 Å². The summed E-state index contributed by atoms with van der Waals surface area (Å²) in [4.78, 5) is 10.9. The van der Waals surface area contributed by atoms with Crippen LogP contribution in [0.4, 0.5) is 0 Å². The van der Waals surface area contributed by atoms with E-state index in [9.17, 15) is 4.79 Å². The monoisotopic (exact) mass is 199 g/mol. The molecule has 0 aliphatic heterocycles. The topological polar surface area (TPSA) is 63.3 Å². The lowest BCUT2D eigenvalue weighted by Crippen LogP contribution is -2.35. The van der Waals surface area contributed by atoms with Crippen LogP contribution in [0.2, 0.25) is 0 Å². The molecule has 0 heterocycles. The third kappa shape index (κ3) is 3.66. The molecule has 0 spiro atoms. The number of carboxylic acid groups (broad SMARTS) is 1. The molecule has 1 aliphatic carbocycles. The van der Waals surface area contributed by atoms with Crippen molar-refractivity contribution in [2.45, 2.75) is 57.4 Å². The summed E-state index contributed by atoms with van der Waals surface area (Å²) < 4.78 is 0. The molecule has 0 amide bonds. The molecule has 82 valence electrons. The highest BCUT2D eigenvalue weighted by atomic mass is 16.4. The van der Waals surface area contributed by atoms with Crippen LogP contribution in [0.5, 0.6) is 0 Å². The van der Waals surface area contributed by atoms with Gasteiger partial charge in [0, 0.05) is 6.04 Å². The minimum atomic E-state index is -0.710. The van der Waals surface area contributed by atoms with Crippen molar-refractivity contribution >= 4 is 5.97 Å². The fourth-order valence-electron chi connectivity index (χ4n) is 2.17. The molecule has 0 aromatic heterocycles. The number of aliphatic carboxylic acids is 1. The number of carboxylic acids is 1. The predicted molar refractivity (Wildman–Crippen MR) is 56.0 cm³/mol.